The average Bonchev–Trinajstić information content (AvgIpc) is 2.43. The maximum absolute atomic E-state index is 12.7. The Hall–Kier alpha value is -0.260. The number of ether oxygens (including phenoxy) is 1. The minimum absolute atomic E-state index is 0.203. The first-order chi connectivity index (χ1) is 8.61. The minimum atomic E-state index is -0.390. The van der Waals surface area contributed by atoms with Crippen LogP contribution in [0.3, 0.4) is 0 Å². The number of amides is 1. The second kappa shape index (κ2) is 7.36. The Labute approximate surface area is 115 Å². The molecule has 0 aromatic carbocycles. The van der Waals surface area contributed by atoms with Crippen molar-refractivity contribution in [3.05, 3.63) is 0 Å². The van der Waals surface area contributed by atoms with E-state index < -0.39 is 5.41 Å². The van der Waals surface area contributed by atoms with E-state index in [1.807, 2.05) is 11.9 Å². The fourth-order valence-corrected chi connectivity index (χ4v) is 3.35. The van der Waals surface area contributed by atoms with Crippen LogP contribution in [0.25, 0.3) is 0 Å². The van der Waals surface area contributed by atoms with Crippen molar-refractivity contribution in [1.82, 2.24) is 4.90 Å². The molecule has 0 aromatic rings. The lowest BCUT2D eigenvalue weighted by molar-refractivity contribution is -0.147. The number of rotatable bonds is 6. The van der Waals surface area contributed by atoms with Crippen molar-refractivity contribution >= 4 is 17.7 Å². The number of carbonyl (C=O) groups excluding carboxylic acids is 1. The van der Waals surface area contributed by atoms with E-state index in [1.165, 1.54) is 0 Å². The van der Waals surface area contributed by atoms with Gasteiger partial charge in [0.25, 0.3) is 0 Å². The SMILES string of the molecule is CCC(CSC)N(C)C(=O)C1(CN)CCOCC1. The standard InChI is InChI=1S/C13H26N2O2S/c1-4-11(9-18-3)15(2)12(16)13(10-14)5-7-17-8-6-13/h11H,4-10,14H2,1-3H3. The molecule has 1 aliphatic heterocycles. The summed E-state index contributed by atoms with van der Waals surface area (Å²) in [6.07, 6.45) is 4.57. The van der Waals surface area contributed by atoms with Gasteiger partial charge in [0.15, 0.2) is 0 Å². The van der Waals surface area contributed by atoms with Gasteiger partial charge in [-0.1, -0.05) is 6.92 Å². The van der Waals surface area contributed by atoms with Gasteiger partial charge in [0, 0.05) is 38.6 Å². The quantitative estimate of drug-likeness (QED) is 0.794. The molecule has 1 fully saturated rings. The Morgan fingerprint density at radius 3 is 2.56 bits per heavy atom. The molecule has 1 rings (SSSR count). The summed E-state index contributed by atoms with van der Waals surface area (Å²) < 4.78 is 5.36. The zero-order chi connectivity index (χ0) is 13.6. The van der Waals surface area contributed by atoms with E-state index in [9.17, 15) is 4.79 Å². The molecule has 4 nitrogen and oxygen atoms in total. The van der Waals surface area contributed by atoms with Crippen molar-refractivity contribution < 1.29 is 9.53 Å². The monoisotopic (exact) mass is 274 g/mol. The third-order valence-electron chi connectivity index (χ3n) is 3.99. The maximum Gasteiger partial charge on any atom is 0.230 e. The first kappa shape index (κ1) is 15.8. The molecule has 0 radical (unpaired) electrons. The topological polar surface area (TPSA) is 55.6 Å². The lowest BCUT2D eigenvalue weighted by atomic mass is 9.78. The van der Waals surface area contributed by atoms with Crippen molar-refractivity contribution in [2.75, 3.05) is 38.8 Å². The zero-order valence-corrected chi connectivity index (χ0v) is 12.6. The van der Waals surface area contributed by atoms with Crippen LogP contribution in [0.15, 0.2) is 0 Å². The van der Waals surface area contributed by atoms with Gasteiger partial charge < -0.3 is 15.4 Å². The molecule has 18 heavy (non-hydrogen) atoms. The highest BCUT2D eigenvalue weighted by Gasteiger charge is 2.41. The number of nitrogens with zero attached hydrogens (tertiary/aromatic N) is 1. The molecule has 0 aromatic heterocycles. The van der Waals surface area contributed by atoms with Gasteiger partial charge in [0.1, 0.15) is 0 Å². The first-order valence-corrected chi connectivity index (χ1v) is 8.04. The normalized spacial score (nSPS) is 20.4. The third-order valence-corrected chi connectivity index (χ3v) is 4.71. The van der Waals surface area contributed by atoms with Gasteiger partial charge in [-0.2, -0.15) is 11.8 Å². The van der Waals surface area contributed by atoms with Gasteiger partial charge in [-0.25, -0.2) is 0 Å². The summed E-state index contributed by atoms with van der Waals surface area (Å²) in [5, 5.41) is 0. The van der Waals surface area contributed by atoms with Crippen LogP contribution in [0.2, 0.25) is 0 Å². The van der Waals surface area contributed by atoms with Gasteiger partial charge >= 0.3 is 0 Å². The van der Waals surface area contributed by atoms with E-state index in [0.717, 1.165) is 25.0 Å². The van der Waals surface area contributed by atoms with E-state index in [4.69, 9.17) is 10.5 Å². The molecule has 0 aliphatic carbocycles. The van der Waals surface area contributed by atoms with Crippen LogP contribution in [-0.4, -0.2) is 55.7 Å². The first-order valence-electron chi connectivity index (χ1n) is 6.65. The molecule has 0 spiro atoms. The summed E-state index contributed by atoms with van der Waals surface area (Å²) in [6.45, 7) is 3.85. The highest BCUT2D eigenvalue weighted by molar-refractivity contribution is 7.98. The van der Waals surface area contributed by atoms with Crippen molar-refractivity contribution in [2.45, 2.75) is 32.2 Å². The van der Waals surface area contributed by atoms with E-state index in [1.54, 1.807) is 11.8 Å². The Kier molecular flexibility index (Phi) is 6.46. The molecular weight excluding hydrogens is 248 g/mol. The van der Waals surface area contributed by atoms with Crippen molar-refractivity contribution in [3.63, 3.8) is 0 Å². The highest BCUT2D eigenvalue weighted by atomic mass is 32.2. The van der Waals surface area contributed by atoms with E-state index in [-0.39, 0.29) is 5.91 Å². The number of thioether (sulfide) groups is 1. The molecule has 1 amide bonds. The average molecular weight is 274 g/mol. The molecule has 0 saturated carbocycles. The summed E-state index contributed by atoms with van der Waals surface area (Å²) in [5.41, 5.74) is 5.49. The lowest BCUT2D eigenvalue weighted by Gasteiger charge is -2.40. The van der Waals surface area contributed by atoms with Crippen LogP contribution in [0, 0.1) is 5.41 Å². The van der Waals surface area contributed by atoms with Crippen LogP contribution in [0.4, 0.5) is 0 Å². The molecule has 1 saturated heterocycles. The predicted octanol–water partition coefficient (Wildman–Crippen LogP) is 1.34. The van der Waals surface area contributed by atoms with Crippen LogP contribution in [0.1, 0.15) is 26.2 Å². The summed E-state index contributed by atoms with van der Waals surface area (Å²) in [4.78, 5) is 14.6. The van der Waals surface area contributed by atoms with E-state index in [0.29, 0.717) is 25.8 Å². The second-order valence-corrected chi connectivity index (χ2v) is 5.94. The second-order valence-electron chi connectivity index (χ2n) is 5.03. The predicted molar refractivity (Wildman–Crippen MR) is 76.8 cm³/mol. The van der Waals surface area contributed by atoms with Gasteiger partial charge in [-0.05, 0) is 25.5 Å². The summed E-state index contributed by atoms with van der Waals surface area (Å²) >= 11 is 1.78. The van der Waals surface area contributed by atoms with Gasteiger partial charge in [0.05, 0.1) is 5.41 Å². The molecule has 106 valence electrons. The van der Waals surface area contributed by atoms with E-state index in [2.05, 4.69) is 13.2 Å². The van der Waals surface area contributed by atoms with E-state index >= 15 is 0 Å². The molecule has 1 atom stereocenters. The Morgan fingerprint density at radius 1 is 1.50 bits per heavy atom. The Bertz CT molecular complexity index is 268. The van der Waals surface area contributed by atoms with Crippen molar-refractivity contribution in [2.24, 2.45) is 11.1 Å². The fraction of sp³-hybridized carbons (Fsp3) is 0.923. The van der Waals surface area contributed by atoms with Crippen molar-refractivity contribution in [3.8, 4) is 0 Å². The molecule has 1 unspecified atom stereocenters. The largest absolute Gasteiger partial charge is 0.381 e. The van der Waals surface area contributed by atoms with Gasteiger partial charge in [-0.15, -0.1) is 0 Å². The minimum Gasteiger partial charge on any atom is -0.381 e. The molecular formula is C13H26N2O2S. The smallest absolute Gasteiger partial charge is 0.230 e. The highest BCUT2D eigenvalue weighted by Crippen LogP contribution is 2.32. The van der Waals surface area contributed by atoms with Crippen molar-refractivity contribution in [1.29, 1.82) is 0 Å². The third kappa shape index (κ3) is 3.39. The molecule has 1 heterocycles. The molecule has 5 heteroatoms. The summed E-state index contributed by atoms with van der Waals surface area (Å²) in [6, 6.07) is 0.304. The Morgan fingerprint density at radius 2 is 2.11 bits per heavy atom. The number of carbonyl (C=O) groups is 1. The number of hydrogen-bond donors (Lipinski definition) is 1. The van der Waals surface area contributed by atoms with Crippen LogP contribution < -0.4 is 5.73 Å². The zero-order valence-electron chi connectivity index (χ0n) is 11.8. The fourth-order valence-electron chi connectivity index (χ4n) is 2.50. The maximum atomic E-state index is 12.7. The molecule has 2 N–H and O–H groups in total. The lowest BCUT2D eigenvalue weighted by Crippen LogP contribution is -2.52. The number of nitrogens with two attached hydrogens (primary N) is 1. The van der Waals surface area contributed by atoms with Gasteiger partial charge in [0.2, 0.25) is 5.91 Å². The van der Waals surface area contributed by atoms with Gasteiger partial charge in [-0.3, -0.25) is 4.79 Å². The summed E-state index contributed by atoms with van der Waals surface area (Å²) in [5.74, 6) is 1.18. The number of hydrogen-bond acceptors (Lipinski definition) is 4. The molecule has 1 aliphatic rings. The van der Waals surface area contributed by atoms with Crippen LogP contribution in [0.5, 0.6) is 0 Å². The Balaban J connectivity index is 2.75. The van der Waals surface area contributed by atoms with Crippen LogP contribution in [-0.2, 0) is 9.53 Å². The molecule has 0 bridgehead atoms. The summed E-state index contributed by atoms with van der Waals surface area (Å²) in [7, 11) is 1.92. The van der Waals surface area contributed by atoms with Crippen LogP contribution >= 0.6 is 11.8 Å².